The minimum Gasteiger partial charge on any atom is -0.337 e. The van der Waals surface area contributed by atoms with Crippen molar-refractivity contribution in [1.29, 1.82) is 0 Å². The molecular formula is C21H27N7O. The van der Waals surface area contributed by atoms with Gasteiger partial charge in [-0.05, 0) is 12.5 Å². The zero-order chi connectivity index (χ0) is 20.2. The van der Waals surface area contributed by atoms with E-state index in [4.69, 9.17) is 0 Å². The molecule has 4 rings (SSSR count). The average molecular weight is 393 g/mol. The van der Waals surface area contributed by atoms with Crippen molar-refractivity contribution in [2.24, 2.45) is 7.05 Å². The van der Waals surface area contributed by atoms with Crippen molar-refractivity contribution in [3.8, 4) is 0 Å². The summed E-state index contributed by atoms with van der Waals surface area (Å²) in [4.78, 5) is 19.4. The second-order valence-corrected chi connectivity index (χ2v) is 7.50. The molecule has 2 N–H and O–H groups in total. The summed E-state index contributed by atoms with van der Waals surface area (Å²) < 4.78 is 3.83. The van der Waals surface area contributed by atoms with Gasteiger partial charge in [0, 0.05) is 45.1 Å². The molecule has 0 spiro atoms. The molecule has 8 heteroatoms. The number of carbonyl (C=O) groups excluding carboxylic acids is 1. The van der Waals surface area contributed by atoms with Gasteiger partial charge in [0.25, 0.3) is 0 Å². The lowest BCUT2D eigenvalue weighted by atomic mass is 10.1. The number of aromatic nitrogens is 4. The Hall–Kier alpha value is -2.97. The molecule has 0 saturated carbocycles. The summed E-state index contributed by atoms with van der Waals surface area (Å²) in [6, 6.07) is 10.2. The first kappa shape index (κ1) is 19.4. The van der Waals surface area contributed by atoms with Gasteiger partial charge in [0.1, 0.15) is 11.6 Å². The van der Waals surface area contributed by atoms with Crippen molar-refractivity contribution in [2.45, 2.75) is 19.5 Å². The largest absolute Gasteiger partial charge is 0.337 e. The number of hydrogen-bond acceptors (Lipinski definition) is 5. The third kappa shape index (κ3) is 4.55. The molecule has 152 valence electrons. The van der Waals surface area contributed by atoms with Gasteiger partial charge in [0.2, 0.25) is 5.91 Å². The van der Waals surface area contributed by atoms with Crippen molar-refractivity contribution < 1.29 is 4.79 Å². The van der Waals surface area contributed by atoms with Gasteiger partial charge in [-0.25, -0.2) is 9.67 Å². The normalized spacial score (nSPS) is 17.4. The van der Waals surface area contributed by atoms with Gasteiger partial charge >= 0.3 is 0 Å². The van der Waals surface area contributed by atoms with Crippen LogP contribution in [0.3, 0.4) is 0 Å². The molecule has 1 aromatic carbocycles. The van der Waals surface area contributed by atoms with Gasteiger partial charge in [0.15, 0.2) is 0 Å². The van der Waals surface area contributed by atoms with Crippen LogP contribution in [-0.4, -0.2) is 56.3 Å². The number of nitrogens with zero attached hydrogens (tertiary/aromatic N) is 5. The summed E-state index contributed by atoms with van der Waals surface area (Å²) in [5, 5.41) is 10.8. The molecule has 29 heavy (non-hydrogen) atoms. The van der Waals surface area contributed by atoms with Crippen LogP contribution in [0.25, 0.3) is 0 Å². The van der Waals surface area contributed by atoms with Gasteiger partial charge in [-0.3, -0.25) is 9.69 Å². The minimum atomic E-state index is -0.0444. The zero-order valence-corrected chi connectivity index (χ0v) is 16.9. The van der Waals surface area contributed by atoms with Crippen LogP contribution < -0.4 is 10.6 Å². The summed E-state index contributed by atoms with van der Waals surface area (Å²) in [6.45, 7) is 5.44. The molecule has 3 heterocycles. The van der Waals surface area contributed by atoms with E-state index >= 15 is 0 Å². The highest BCUT2D eigenvalue weighted by Gasteiger charge is 2.28. The van der Waals surface area contributed by atoms with Gasteiger partial charge in [-0.1, -0.05) is 29.8 Å². The maximum Gasteiger partial charge on any atom is 0.239 e. The number of piperazine rings is 1. The van der Waals surface area contributed by atoms with Crippen molar-refractivity contribution in [3.05, 3.63) is 65.9 Å². The number of rotatable bonds is 6. The molecule has 1 atom stereocenters. The van der Waals surface area contributed by atoms with E-state index in [0.717, 1.165) is 31.0 Å². The van der Waals surface area contributed by atoms with Crippen molar-refractivity contribution >= 4 is 11.7 Å². The lowest BCUT2D eigenvalue weighted by Crippen LogP contribution is -2.49. The fourth-order valence-electron chi connectivity index (χ4n) is 3.80. The van der Waals surface area contributed by atoms with Crippen LogP contribution in [0.1, 0.15) is 23.0 Å². The highest BCUT2D eigenvalue weighted by atomic mass is 16.2. The minimum absolute atomic E-state index is 0.0444. The molecular weight excluding hydrogens is 366 g/mol. The number of benzene rings is 1. The second-order valence-electron chi connectivity index (χ2n) is 7.50. The number of nitrogens with one attached hydrogen (secondary N) is 2. The first-order chi connectivity index (χ1) is 14.1. The summed E-state index contributed by atoms with van der Waals surface area (Å²) in [6.07, 6.45) is 5.45. The Bertz CT molecular complexity index is 977. The van der Waals surface area contributed by atoms with Crippen molar-refractivity contribution in [2.75, 3.05) is 31.5 Å². The summed E-state index contributed by atoms with van der Waals surface area (Å²) in [5.41, 5.74) is 2.36. The molecule has 0 aliphatic carbocycles. The molecule has 0 bridgehead atoms. The highest BCUT2D eigenvalue weighted by Crippen LogP contribution is 2.20. The molecule has 1 aliphatic rings. The number of carbonyl (C=O) groups is 1. The topological polar surface area (TPSA) is 80.0 Å². The van der Waals surface area contributed by atoms with E-state index in [1.807, 2.05) is 34.6 Å². The Kier molecular flexibility index (Phi) is 5.73. The number of aryl methyl sites for hydroxylation is 2. The Morgan fingerprint density at radius 1 is 1.31 bits per heavy atom. The van der Waals surface area contributed by atoms with E-state index in [9.17, 15) is 4.79 Å². The van der Waals surface area contributed by atoms with Crippen LogP contribution in [0.2, 0.25) is 0 Å². The van der Waals surface area contributed by atoms with Gasteiger partial charge in [-0.2, -0.15) is 5.10 Å². The molecule has 1 aliphatic heterocycles. The van der Waals surface area contributed by atoms with E-state index < -0.39 is 0 Å². The van der Waals surface area contributed by atoms with Gasteiger partial charge in [0.05, 0.1) is 25.3 Å². The first-order valence-electron chi connectivity index (χ1n) is 9.89. The molecule has 8 nitrogen and oxygen atoms in total. The van der Waals surface area contributed by atoms with Crippen LogP contribution >= 0.6 is 0 Å². The zero-order valence-electron chi connectivity index (χ0n) is 16.9. The third-order valence-corrected chi connectivity index (χ3v) is 5.26. The molecule has 1 amide bonds. The number of amides is 1. The molecule has 3 aromatic rings. The van der Waals surface area contributed by atoms with Crippen LogP contribution in [0.5, 0.6) is 0 Å². The summed E-state index contributed by atoms with van der Waals surface area (Å²) in [5.74, 6) is 1.63. The lowest BCUT2D eigenvalue weighted by Gasteiger charge is -2.35. The maximum atomic E-state index is 12.8. The van der Waals surface area contributed by atoms with Gasteiger partial charge < -0.3 is 15.2 Å². The number of anilines is 1. The Labute approximate surface area is 170 Å². The second kappa shape index (κ2) is 8.59. The van der Waals surface area contributed by atoms with E-state index in [2.05, 4.69) is 50.7 Å². The predicted molar refractivity (Wildman–Crippen MR) is 112 cm³/mol. The fraction of sp³-hybridized carbons (Fsp3) is 0.381. The van der Waals surface area contributed by atoms with E-state index in [-0.39, 0.29) is 11.9 Å². The Morgan fingerprint density at radius 2 is 2.21 bits per heavy atom. The summed E-state index contributed by atoms with van der Waals surface area (Å²) in [7, 11) is 1.99. The van der Waals surface area contributed by atoms with E-state index in [1.54, 1.807) is 12.4 Å². The molecule has 1 saturated heterocycles. The van der Waals surface area contributed by atoms with Crippen LogP contribution in [0, 0.1) is 6.92 Å². The first-order valence-corrected chi connectivity index (χ1v) is 9.89. The molecule has 1 fully saturated rings. The van der Waals surface area contributed by atoms with Crippen LogP contribution in [0.15, 0.2) is 48.9 Å². The molecule has 2 aromatic heterocycles. The monoisotopic (exact) mass is 393 g/mol. The van der Waals surface area contributed by atoms with E-state index in [0.29, 0.717) is 18.9 Å². The van der Waals surface area contributed by atoms with Crippen LogP contribution in [0.4, 0.5) is 5.82 Å². The lowest BCUT2D eigenvalue weighted by molar-refractivity contribution is -0.118. The van der Waals surface area contributed by atoms with Crippen molar-refractivity contribution in [3.63, 3.8) is 0 Å². The smallest absolute Gasteiger partial charge is 0.239 e. The number of imidazole rings is 1. The van der Waals surface area contributed by atoms with Crippen molar-refractivity contribution in [1.82, 2.24) is 29.5 Å². The van der Waals surface area contributed by atoms with E-state index in [1.165, 1.54) is 5.56 Å². The predicted octanol–water partition coefficient (Wildman–Crippen LogP) is 1.56. The molecule has 1 unspecified atom stereocenters. The number of hydrogen-bond donors (Lipinski definition) is 2. The molecule has 0 radical (unpaired) electrons. The van der Waals surface area contributed by atoms with Gasteiger partial charge in [-0.15, -0.1) is 0 Å². The average Bonchev–Trinajstić information content (AvgIpc) is 3.31. The highest BCUT2D eigenvalue weighted by molar-refractivity contribution is 5.91. The fourth-order valence-corrected chi connectivity index (χ4v) is 3.80. The Balaban J connectivity index is 1.42. The SMILES string of the molecule is Cc1cccc(Cn2nccc2NC(=O)CN2CCNCC2c2nccn2C)c1. The maximum absolute atomic E-state index is 12.8. The Morgan fingerprint density at radius 3 is 3.00 bits per heavy atom. The third-order valence-electron chi connectivity index (χ3n) is 5.26. The standard InChI is InChI=1S/C21H27N7O/c1-16-4-3-5-17(12-16)14-28-19(6-7-24-28)25-20(29)15-27-11-8-22-13-18(27)21-23-9-10-26(21)2/h3-7,9-10,12,18,22H,8,11,13-15H2,1-2H3,(H,25,29). The quantitative estimate of drug-likeness (QED) is 0.664. The summed E-state index contributed by atoms with van der Waals surface area (Å²) >= 11 is 0. The van der Waals surface area contributed by atoms with Crippen LogP contribution in [-0.2, 0) is 18.4 Å².